The van der Waals surface area contributed by atoms with Gasteiger partial charge in [-0.05, 0) is 38.5 Å². The van der Waals surface area contributed by atoms with Crippen LogP contribution in [0.3, 0.4) is 0 Å². The molecular weight excluding hydrogens is 985 g/mol. The van der Waals surface area contributed by atoms with Gasteiger partial charge in [0.05, 0.1) is 19.8 Å². The number of aliphatic hydroxyl groups is 7. The summed E-state index contributed by atoms with van der Waals surface area (Å²) in [5, 5.41) is 72.4. The van der Waals surface area contributed by atoms with E-state index in [1.807, 2.05) is 0 Å². The topological polar surface area (TPSA) is 231 Å². The second-order valence-corrected chi connectivity index (χ2v) is 22.6. The molecule has 0 bridgehead atoms. The highest BCUT2D eigenvalue weighted by Crippen LogP contribution is 2.27. The molecule has 2 heterocycles. The number of hydrogen-bond donors (Lipinski definition) is 7. The second kappa shape index (κ2) is 48.9. The lowest BCUT2D eigenvalue weighted by atomic mass is 9.98. The fourth-order valence-electron chi connectivity index (χ4n) is 10.3. The van der Waals surface area contributed by atoms with Crippen molar-refractivity contribution >= 4 is 11.9 Å². The molecule has 2 aliphatic heterocycles. The number of esters is 2. The number of hydrogen-bond acceptors (Lipinski definition) is 15. The molecule has 7 N–H and O–H groups in total. The molecule has 15 heteroatoms. The number of rotatable bonds is 52. The van der Waals surface area contributed by atoms with E-state index in [1.165, 1.54) is 199 Å². The standard InChI is InChI=1S/C62H116O15/c1-3-5-7-9-11-13-15-17-19-21-23-25-27-29-31-33-35-37-39-41-43-45-54(65)75-50(47-72-53(64)44-42-40-38-36-34-32-30-28-26-24-22-20-18-16-14-12-10-8-6-4-2)48-73-61-60(71)58(69)56(67)52(77-61)49-74-62-59(70)57(68)55(66)51(46-63)76-62/h17,19,50-52,55-63,66-71H,3-16,18,20-49H2,1-2H3/b19-17+/t50-,51+,52+,55-,56-,57?,58?,59?,60?,61+,62+/m0/s1. The fourth-order valence-corrected chi connectivity index (χ4v) is 10.3. The minimum atomic E-state index is -1.76. The van der Waals surface area contributed by atoms with Crippen molar-refractivity contribution in [2.24, 2.45) is 0 Å². The average molecular weight is 1100 g/mol. The zero-order chi connectivity index (χ0) is 56.0. The van der Waals surface area contributed by atoms with Gasteiger partial charge in [0.25, 0.3) is 0 Å². The number of aliphatic hydroxyl groups excluding tert-OH is 7. The third-order valence-electron chi connectivity index (χ3n) is 15.5. The van der Waals surface area contributed by atoms with Crippen LogP contribution < -0.4 is 0 Å². The first-order chi connectivity index (χ1) is 37.5. The highest BCUT2D eigenvalue weighted by Gasteiger charge is 2.47. The predicted molar refractivity (Wildman–Crippen MR) is 303 cm³/mol. The molecule has 0 spiro atoms. The van der Waals surface area contributed by atoms with Crippen LogP contribution in [0.5, 0.6) is 0 Å². The highest BCUT2D eigenvalue weighted by molar-refractivity contribution is 5.70. The van der Waals surface area contributed by atoms with Gasteiger partial charge in [0.15, 0.2) is 18.7 Å². The van der Waals surface area contributed by atoms with E-state index in [2.05, 4.69) is 26.0 Å². The van der Waals surface area contributed by atoms with Gasteiger partial charge in [-0.15, -0.1) is 0 Å². The Bertz CT molecular complexity index is 1390. The average Bonchev–Trinajstić information content (AvgIpc) is 3.43. The second-order valence-electron chi connectivity index (χ2n) is 22.6. The maximum atomic E-state index is 13.1. The number of ether oxygens (including phenoxy) is 6. The SMILES string of the molecule is CCCCCCCC/C=C/CCCCCCCCCCCCCC(=O)O[C@@H](COC(=O)CCCCCCCCCCCCCCCCCCCCCC)CO[C@@H]1O[C@H](CO[C@@H]2O[C@H](CO)[C@H](O)C(O)C2O)[C@H](O)C(O)C1O. The summed E-state index contributed by atoms with van der Waals surface area (Å²) in [4.78, 5) is 26.0. The van der Waals surface area contributed by atoms with Gasteiger partial charge in [-0.25, -0.2) is 0 Å². The summed E-state index contributed by atoms with van der Waals surface area (Å²) in [6.07, 6.45) is 36.6. The molecule has 0 radical (unpaired) electrons. The lowest BCUT2D eigenvalue weighted by Crippen LogP contribution is -2.61. The van der Waals surface area contributed by atoms with Gasteiger partial charge in [-0.3, -0.25) is 9.59 Å². The summed E-state index contributed by atoms with van der Waals surface area (Å²) in [6.45, 7) is 2.66. The maximum absolute atomic E-state index is 13.1. The molecule has 454 valence electrons. The summed E-state index contributed by atoms with van der Waals surface area (Å²) < 4.78 is 33.8. The zero-order valence-corrected chi connectivity index (χ0v) is 48.7. The minimum absolute atomic E-state index is 0.170. The van der Waals surface area contributed by atoms with Crippen molar-refractivity contribution < 1.29 is 73.8 Å². The number of allylic oxidation sites excluding steroid dienone is 2. The largest absolute Gasteiger partial charge is 0.462 e. The molecule has 77 heavy (non-hydrogen) atoms. The van der Waals surface area contributed by atoms with Crippen LogP contribution in [0.4, 0.5) is 0 Å². The van der Waals surface area contributed by atoms with Crippen LogP contribution in [0, 0.1) is 0 Å². The van der Waals surface area contributed by atoms with Crippen molar-refractivity contribution in [2.75, 3.05) is 26.4 Å². The molecule has 0 aromatic rings. The van der Waals surface area contributed by atoms with Gasteiger partial charge in [-0.1, -0.05) is 238 Å². The number of unbranched alkanes of at least 4 members (excludes halogenated alkanes) is 36. The van der Waals surface area contributed by atoms with E-state index in [-0.39, 0.29) is 26.1 Å². The summed E-state index contributed by atoms with van der Waals surface area (Å²) in [5.74, 6) is -0.906. The Kier molecular flexibility index (Phi) is 45.3. The Labute approximate surface area is 467 Å². The summed E-state index contributed by atoms with van der Waals surface area (Å²) >= 11 is 0. The van der Waals surface area contributed by atoms with Crippen LogP contribution in [-0.4, -0.2) is 142 Å². The van der Waals surface area contributed by atoms with E-state index in [0.29, 0.717) is 12.8 Å². The third kappa shape index (κ3) is 35.7. The van der Waals surface area contributed by atoms with E-state index < -0.39 is 92.7 Å². The quantitative estimate of drug-likeness (QED) is 0.0171. The first kappa shape index (κ1) is 71.3. The molecule has 2 saturated heterocycles. The monoisotopic (exact) mass is 1100 g/mol. The van der Waals surface area contributed by atoms with E-state index >= 15 is 0 Å². The molecule has 4 unspecified atom stereocenters. The van der Waals surface area contributed by atoms with E-state index in [0.717, 1.165) is 38.5 Å². The first-order valence-electron chi connectivity index (χ1n) is 31.8. The van der Waals surface area contributed by atoms with Crippen LogP contribution in [0.2, 0.25) is 0 Å². The molecular formula is C62H116O15. The Balaban J connectivity index is 1.71. The van der Waals surface area contributed by atoms with E-state index in [9.17, 15) is 45.3 Å². The molecule has 0 amide bonds. The maximum Gasteiger partial charge on any atom is 0.306 e. The smallest absolute Gasteiger partial charge is 0.306 e. The van der Waals surface area contributed by atoms with Crippen LogP contribution in [0.25, 0.3) is 0 Å². The van der Waals surface area contributed by atoms with Crippen LogP contribution in [0.1, 0.15) is 277 Å². The lowest BCUT2D eigenvalue weighted by molar-refractivity contribution is -0.332. The molecule has 11 atom stereocenters. The number of carbonyl (C=O) groups is 2. The molecule has 0 aliphatic carbocycles. The lowest BCUT2D eigenvalue weighted by Gasteiger charge is -2.42. The summed E-state index contributed by atoms with van der Waals surface area (Å²) in [5.41, 5.74) is 0. The molecule has 2 aliphatic rings. The summed E-state index contributed by atoms with van der Waals surface area (Å²) in [7, 11) is 0. The minimum Gasteiger partial charge on any atom is -0.462 e. The van der Waals surface area contributed by atoms with Crippen molar-refractivity contribution in [3.63, 3.8) is 0 Å². The van der Waals surface area contributed by atoms with Gasteiger partial charge in [0.2, 0.25) is 0 Å². The van der Waals surface area contributed by atoms with Crippen LogP contribution in [0.15, 0.2) is 12.2 Å². The Morgan fingerprint density at radius 2 is 0.740 bits per heavy atom. The van der Waals surface area contributed by atoms with Gasteiger partial charge in [0, 0.05) is 12.8 Å². The summed E-state index contributed by atoms with van der Waals surface area (Å²) in [6, 6.07) is 0. The Hall–Kier alpha value is -1.76. The number of carbonyl (C=O) groups excluding carboxylic acids is 2. The van der Waals surface area contributed by atoms with Gasteiger partial charge < -0.3 is 64.2 Å². The Morgan fingerprint density at radius 3 is 1.14 bits per heavy atom. The zero-order valence-electron chi connectivity index (χ0n) is 48.7. The molecule has 15 nitrogen and oxygen atoms in total. The van der Waals surface area contributed by atoms with Crippen molar-refractivity contribution in [1.82, 2.24) is 0 Å². The van der Waals surface area contributed by atoms with E-state index in [4.69, 9.17) is 28.4 Å². The van der Waals surface area contributed by atoms with Gasteiger partial charge in [0.1, 0.15) is 55.4 Å². The van der Waals surface area contributed by atoms with Crippen molar-refractivity contribution in [3.8, 4) is 0 Å². The highest BCUT2D eigenvalue weighted by atomic mass is 16.7. The fraction of sp³-hybridized carbons (Fsp3) is 0.935. The molecule has 0 saturated carbocycles. The first-order valence-corrected chi connectivity index (χ1v) is 31.8. The van der Waals surface area contributed by atoms with Crippen molar-refractivity contribution in [3.05, 3.63) is 12.2 Å². The molecule has 2 rings (SSSR count). The van der Waals surface area contributed by atoms with E-state index in [1.54, 1.807) is 0 Å². The normalized spacial score (nSPS) is 24.2. The predicted octanol–water partition coefficient (Wildman–Crippen LogP) is 11.7. The van der Waals surface area contributed by atoms with Crippen LogP contribution in [-0.2, 0) is 38.0 Å². The Morgan fingerprint density at radius 1 is 0.403 bits per heavy atom. The van der Waals surface area contributed by atoms with Crippen molar-refractivity contribution in [1.29, 1.82) is 0 Å². The molecule has 0 aromatic heterocycles. The van der Waals surface area contributed by atoms with Gasteiger partial charge in [-0.2, -0.15) is 0 Å². The van der Waals surface area contributed by atoms with Crippen molar-refractivity contribution in [2.45, 2.75) is 345 Å². The molecule has 0 aromatic carbocycles. The third-order valence-corrected chi connectivity index (χ3v) is 15.5. The van der Waals surface area contributed by atoms with Crippen LogP contribution >= 0.6 is 0 Å². The molecule has 2 fully saturated rings. The van der Waals surface area contributed by atoms with Gasteiger partial charge >= 0.3 is 11.9 Å².